The minimum atomic E-state index is 0.194. The van der Waals surface area contributed by atoms with Gasteiger partial charge >= 0.3 is 0 Å². The van der Waals surface area contributed by atoms with E-state index in [1.807, 2.05) is 11.8 Å². The molecule has 0 aliphatic carbocycles. The highest BCUT2D eigenvalue weighted by molar-refractivity contribution is 8.00. The van der Waals surface area contributed by atoms with Crippen molar-refractivity contribution >= 4 is 11.8 Å². The highest BCUT2D eigenvalue weighted by Crippen LogP contribution is 2.38. The average Bonchev–Trinajstić information content (AvgIpc) is 2.36. The van der Waals surface area contributed by atoms with Gasteiger partial charge in [0.15, 0.2) is 0 Å². The van der Waals surface area contributed by atoms with Crippen LogP contribution in [0.4, 0.5) is 0 Å². The summed E-state index contributed by atoms with van der Waals surface area (Å²) in [5.74, 6) is 1.18. The van der Waals surface area contributed by atoms with Gasteiger partial charge in [-0.05, 0) is 12.8 Å². The zero-order valence-corrected chi connectivity index (χ0v) is 6.96. The summed E-state index contributed by atoms with van der Waals surface area (Å²) >= 11 is 1.97. The van der Waals surface area contributed by atoms with E-state index in [1.165, 1.54) is 5.75 Å². The van der Waals surface area contributed by atoms with E-state index in [4.69, 9.17) is 4.74 Å². The fourth-order valence-corrected chi connectivity index (χ4v) is 2.27. The fourth-order valence-electron chi connectivity index (χ4n) is 1.16. The topological polar surface area (TPSA) is 9.23 Å². The van der Waals surface area contributed by atoms with Crippen LogP contribution in [0.25, 0.3) is 0 Å². The van der Waals surface area contributed by atoms with Gasteiger partial charge in [0.2, 0.25) is 0 Å². The molecule has 1 fully saturated rings. The molecule has 0 bridgehead atoms. The van der Waals surface area contributed by atoms with Crippen LogP contribution in [-0.4, -0.2) is 17.3 Å². The lowest BCUT2D eigenvalue weighted by Crippen LogP contribution is -2.21. The molecule has 0 aromatic heterocycles. The fraction of sp³-hybridized carbons (Fsp3) is 1.00. The third-order valence-electron chi connectivity index (χ3n) is 1.89. The van der Waals surface area contributed by atoms with Crippen molar-refractivity contribution in [3.8, 4) is 0 Å². The van der Waals surface area contributed by atoms with Crippen LogP contribution in [-0.2, 0) is 4.74 Å². The Kier molecular flexibility index (Phi) is 2.42. The molecule has 0 spiro atoms. The molecule has 0 aromatic rings. The van der Waals surface area contributed by atoms with Crippen LogP contribution in [0.3, 0.4) is 0 Å². The second-order valence-electron chi connectivity index (χ2n) is 2.31. The van der Waals surface area contributed by atoms with Gasteiger partial charge in [0.1, 0.15) is 4.93 Å². The van der Waals surface area contributed by atoms with Crippen molar-refractivity contribution in [2.24, 2.45) is 0 Å². The van der Waals surface area contributed by atoms with E-state index in [-0.39, 0.29) is 4.93 Å². The molecule has 1 saturated heterocycles. The van der Waals surface area contributed by atoms with E-state index in [9.17, 15) is 0 Å². The molecular formula is C7H14OS. The number of hydrogen-bond donors (Lipinski definition) is 0. The Labute approximate surface area is 61.2 Å². The maximum Gasteiger partial charge on any atom is 0.113 e. The summed E-state index contributed by atoms with van der Waals surface area (Å²) in [6.07, 6.45) is 2.29. The van der Waals surface area contributed by atoms with E-state index < -0.39 is 0 Å². The summed E-state index contributed by atoms with van der Waals surface area (Å²) in [7, 11) is 0. The van der Waals surface area contributed by atoms with E-state index in [1.54, 1.807) is 0 Å². The van der Waals surface area contributed by atoms with Crippen LogP contribution < -0.4 is 0 Å². The van der Waals surface area contributed by atoms with Gasteiger partial charge in [0.05, 0.1) is 6.61 Å². The third kappa shape index (κ3) is 1.41. The normalized spacial score (nSPS) is 24.7. The number of hydrogen-bond acceptors (Lipinski definition) is 2. The van der Waals surface area contributed by atoms with E-state index >= 15 is 0 Å². The number of ether oxygens (including phenoxy) is 1. The first kappa shape index (κ1) is 7.42. The van der Waals surface area contributed by atoms with E-state index in [0.717, 1.165) is 19.4 Å². The minimum Gasteiger partial charge on any atom is -0.364 e. The lowest BCUT2D eigenvalue weighted by molar-refractivity contribution is 0.0460. The van der Waals surface area contributed by atoms with Gasteiger partial charge < -0.3 is 4.74 Å². The standard InChI is InChI=1S/C7H14OS/c1-3-7(4-2)8-5-6-9-7/h3-6H2,1-2H3. The quantitative estimate of drug-likeness (QED) is 0.591. The largest absolute Gasteiger partial charge is 0.364 e. The molecule has 0 N–H and O–H groups in total. The molecule has 1 aliphatic rings. The van der Waals surface area contributed by atoms with Crippen molar-refractivity contribution in [1.29, 1.82) is 0 Å². The maximum absolute atomic E-state index is 5.60. The van der Waals surface area contributed by atoms with Gasteiger partial charge in [-0.3, -0.25) is 0 Å². The first-order valence-electron chi connectivity index (χ1n) is 3.61. The number of thioether (sulfide) groups is 1. The molecule has 0 unspecified atom stereocenters. The summed E-state index contributed by atoms with van der Waals surface area (Å²) in [6, 6.07) is 0. The summed E-state index contributed by atoms with van der Waals surface area (Å²) in [6.45, 7) is 5.34. The van der Waals surface area contributed by atoms with Gasteiger partial charge in [-0.25, -0.2) is 0 Å². The van der Waals surface area contributed by atoms with E-state index in [0.29, 0.717) is 0 Å². The van der Waals surface area contributed by atoms with Crippen molar-refractivity contribution in [3.63, 3.8) is 0 Å². The molecule has 54 valence electrons. The van der Waals surface area contributed by atoms with Crippen molar-refractivity contribution < 1.29 is 4.74 Å². The molecular weight excluding hydrogens is 132 g/mol. The first-order valence-corrected chi connectivity index (χ1v) is 4.59. The second-order valence-corrected chi connectivity index (χ2v) is 3.76. The Balaban J connectivity index is 2.45. The van der Waals surface area contributed by atoms with Crippen molar-refractivity contribution in [1.82, 2.24) is 0 Å². The maximum atomic E-state index is 5.60. The molecule has 0 aromatic carbocycles. The predicted molar refractivity (Wildman–Crippen MR) is 41.7 cm³/mol. The Bertz CT molecular complexity index is 80.9. The molecule has 2 heteroatoms. The smallest absolute Gasteiger partial charge is 0.113 e. The third-order valence-corrected chi connectivity index (χ3v) is 3.48. The summed E-state index contributed by atoms with van der Waals surface area (Å²) in [4.78, 5) is 0.194. The Hall–Kier alpha value is 0.310. The Morgan fingerprint density at radius 1 is 1.44 bits per heavy atom. The highest BCUT2D eigenvalue weighted by Gasteiger charge is 2.31. The Morgan fingerprint density at radius 2 is 2.11 bits per heavy atom. The van der Waals surface area contributed by atoms with Crippen molar-refractivity contribution in [3.05, 3.63) is 0 Å². The van der Waals surface area contributed by atoms with Gasteiger partial charge in [-0.1, -0.05) is 13.8 Å². The van der Waals surface area contributed by atoms with Crippen LogP contribution in [0.15, 0.2) is 0 Å². The Morgan fingerprint density at radius 3 is 2.33 bits per heavy atom. The molecule has 9 heavy (non-hydrogen) atoms. The monoisotopic (exact) mass is 146 g/mol. The predicted octanol–water partition coefficient (Wildman–Crippen LogP) is 2.27. The van der Waals surface area contributed by atoms with Crippen LogP contribution in [0.2, 0.25) is 0 Å². The second kappa shape index (κ2) is 2.93. The van der Waals surface area contributed by atoms with Crippen LogP contribution in [0, 0.1) is 0 Å². The SMILES string of the molecule is CCC1(CC)OCCS1. The first-order chi connectivity index (χ1) is 4.33. The zero-order valence-electron chi connectivity index (χ0n) is 6.14. The van der Waals surface area contributed by atoms with Crippen LogP contribution in [0.1, 0.15) is 26.7 Å². The van der Waals surface area contributed by atoms with Gasteiger partial charge in [0, 0.05) is 5.75 Å². The molecule has 0 atom stereocenters. The van der Waals surface area contributed by atoms with Gasteiger partial charge in [-0.15, -0.1) is 11.8 Å². The molecule has 1 nitrogen and oxygen atoms in total. The van der Waals surface area contributed by atoms with E-state index in [2.05, 4.69) is 13.8 Å². The van der Waals surface area contributed by atoms with Crippen LogP contribution in [0.5, 0.6) is 0 Å². The molecule has 0 amide bonds. The highest BCUT2D eigenvalue weighted by atomic mass is 32.2. The minimum absolute atomic E-state index is 0.194. The molecule has 1 aliphatic heterocycles. The van der Waals surface area contributed by atoms with Crippen molar-refractivity contribution in [2.45, 2.75) is 31.6 Å². The average molecular weight is 146 g/mol. The molecule has 1 heterocycles. The summed E-state index contributed by atoms with van der Waals surface area (Å²) < 4.78 is 5.60. The van der Waals surface area contributed by atoms with Crippen LogP contribution >= 0.6 is 11.8 Å². The van der Waals surface area contributed by atoms with Gasteiger partial charge in [0.25, 0.3) is 0 Å². The summed E-state index contributed by atoms with van der Waals surface area (Å²) in [5, 5.41) is 0. The van der Waals surface area contributed by atoms with Gasteiger partial charge in [-0.2, -0.15) is 0 Å². The molecule has 1 rings (SSSR count). The summed E-state index contributed by atoms with van der Waals surface area (Å²) in [5.41, 5.74) is 0. The molecule has 0 radical (unpaired) electrons. The lowest BCUT2D eigenvalue weighted by atomic mass is 10.2. The zero-order chi connectivity index (χ0) is 6.74. The molecule has 0 saturated carbocycles. The lowest BCUT2D eigenvalue weighted by Gasteiger charge is -2.23. The number of rotatable bonds is 2. The van der Waals surface area contributed by atoms with Crippen molar-refractivity contribution in [2.75, 3.05) is 12.4 Å².